The molecular weight excluding hydrogens is 279 g/mol. The summed E-state index contributed by atoms with van der Waals surface area (Å²) < 4.78 is 18.5. The van der Waals surface area contributed by atoms with Gasteiger partial charge in [-0.05, 0) is 34.7 Å². The monoisotopic (exact) mass is 300 g/mol. The van der Waals surface area contributed by atoms with Crippen LogP contribution in [-0.2, 0) is 16.6 Å². The number of benzene rings is 2. The van der Waals surface area contributed by atoms with Crippen LogP contribution >= 0.6 is 0 Å². The van der Waals surface area contributed by atoms with Crippen molar-refractivity contribution in [1.82, 2.24) is 0 Å². The van der Waals surface area contributed by atoms with E-state index in [1.54, 1.807) is 12.1 Å². The number of ether oxygens (including phenoxy) is 1. The van der Waals surface area contributed by atoms with Gasteiger partial charge in [-0.25, -0.2) is 4.39 Å². The highest BCUT2D eigenvalue weighted by Crippen LogP contribution is 2.30. The highest BCUT2D eigenvalue weighted by Gasteiger charge is 2.18. The smallest absolute Gasteiger partial charge is 0.174 e. The van der Waals surface area contributed by atoms with Crippen LogP contribution in [-0.4, -0.2) is 12.4 Å². The minimum Gasteiger partial charge on any atom is -0.486 e. The van der Waals surface area contributed by atoms with Crippen LogP contribution in [0.3, 0.4) is 0 Å². The molecule has 3 heteroatoms. The summed E-state index contributed by atoms with van der Waals surface area (Å²) in [6.07, 6.45) is 0.248. The number of Topliss-reactive ketones (excluding diaryl/α,β-unsaturated/α-hetero) is 1. The summed E-state index contributed by atoms with van der Waals surface area (Å²) in [4.78, 5) is 12.0. The number of hydrogen-bond donors (Lipinski definition) is 0. The Hall–Kier alpha value is -2.16. The molecule has 2 rings (SSSR count). The number of halogens is 1. The first-order chi connectivity index (χ1) is 10.4. The van der Waals surface area contributed by atoms with Gasteiger partial charge in [-0.15, -0.1) is 0 Å². The molecule has 0 aromatic heterocycles. The fourth-order valence-corrected chi connectivity index (χ4v) is 2.25. The number of para-hydroxylation sites is 1. The minimum absolute atomic E-state index is 0.0183. The second-order valence-electron chi connectivity index (χ2n) is 6.38. The predicted molar refractivity (Wildman–Crippen MR) is 85.7 cm³/mol. The highest BCUT2D eigenvalue weighted by atomic mass is 19.1. The van der Waals surface area contributed by atoms with Crippen LogP contribution in [0.1, 0.15) is 31.9 Å². The molecule has 0 spiro atoms. The third kappa shape index (κ3) is 4.42. The van der Waals surface area contributed by atoms with Crippen molar-refractivity contribution in [3.8, 4) is 5.75 Å². The standard InChI is InChI=1S/C19H21FO2/c1-19(2,3)17-6-4-5-7-18(17)22-13-16(21)12-14-8-10-15(20)11-9-14/h4-11H,12-13H2,1-3H3. The molecule has 0 fully saturated rings. The van der Waals surface area contributed by atoms with Gasteiger partial charge < -0.3 is 4.74 Å². The van der Waals surface area contributed by atoms with E-state index in [-0.39, 0.29) is 30.0 Å². The van der Waals surface area contributed by atoms with Gasteiger partial charge in [0.25, 0.3) is 0 Å². The predicted octanol–water partition coefficient (Wildman–Crippen LogP) is 4.31. The molecule has 0 heterocycles. The number of rotatable bonds is 5. The van der Waals surface area contributed by atoms with Crippen LogP contribution < -0.4 is 4.74 Å². The summed E-state index contributed by atoms with van der Waals surface area (Å²) in [6, 6.07) is 13.7. The fourth-order valence-electron chi connectivity index (χ4n) is 2.25. The summed E-state index contributed by atoms with van der Waals surface area (Å²) in [6.45, 7) is 6.34. The number of ketones is 1. The van der Waals surface area contributed by atoms with Crippen LogP contribution in [0.25, 0.3) is 0 Å². The average Bonchev–Trinajstić information content (AvgIpc) is 2.47. The molecule has 0 unspecified atom stereocenters. The average molecular weight is 300 g/mol. The molecular formula is C19H21FO2. The van der Waals surface area contributed by atoms with Crippen molar-refractivity contribution in [2.24, 2.45) is 0 Å². The van der Waals surface area contributed by atoms with Crippen molar-refractivity contribution in [3.05, 3.63) is 65.5 Å². The molecule has 0 saturated heterocycles. The zero-order valence-corrected chi connectivity index (χ0v) is 13.2. The molecule has 0 N–H and O–H groups in total. The van der Waals surface area contributed by atoms with Crippen LogP contribution in [0, 0.1) is 5.82 Å². The molecule has 0 aliphatic rings. The Bertz CT molecular complexity index is 639. The van der Waals surface area contributed by atoms with E-state index < -0.39 is 0 Å². The van der Waals surface area contributed by atoms with Crippen LogP contribution in [0.5, 0.6) is 5.75 Å². The van der Waals surface area contributed by atoms with Gasteiger partial charge in [-0.1, -0.05) is 51.1 Å². The van der Waals surface area contributed by atoms with Crippen molar-refractivity contribution >= 4 is 5.78 Å². The lowest BCUT2D eigenvalue weighted by Gasteiger charge is -2.22. The molecule has 0 amide bonds. The van der Waals surface area contributed by atoms with E-state index in [2.05, 4.69) is 20.8 Å². The zero-order chi connectivity index (χ0) is 16.2. The van der Waals surface area contributed by atoms with Crippen molar-refractivity contribution in [2.45, 2.75) is 32.6 Å². The largest absolute Gasteiger partial charge is 0.486 e. The zero-order valence-electron chi connectivity index (χ0n) is 13.2. The van der Waals surface area contributed by atoms with E-state index >= 15 is 0 Å². The Morgan fingerprint density at radius 1 is 1.05 bits per heavy atom. The maximum absolute atomic E-state index is 12.8. The fraction of sp³-hybridized carbons (Fsp3) is 0.316. The van der Waals surface area contributed by atoms with Gasteiger partial charge in [-0.3, -0.25) is 4.79 Å². The van der Waals surface area contributed by atoms with E-state index in [1.807, 2.05) is 24.3 Å². The number of carbonyl (C=O) groups excluding carboxylic acids is 1. The van der Waals surface area contributed by atoms with Gasteiger partial charge in [-0.2, -0.15) is 0 Å². The normalized spacial score (nSPS) is 11.3. The Balaban J connectivity index is 1.98. The number of hydrogen-bond acceptors (Lipinski definition) is 2. The van der Waals surface area contributed by atoms with Gasteiger partial charge in [0.15, 0.2) is 5.78 Å². The maximum atomic E-state index is 12.8. The molecule has 0 radical (unpaired) electrons. The SMILES string of the molecule is CC(C)(C)c1ccccc1OCC(=O)Cc1ccc(F)cc1. The molecule has 2 aromatic carbocycles. The van der Waals surface area contributed by atoms with Crippen LogP contribution in [0.2, 0.25) is 0 Å². The second kappa shape index (κ2) is 6.73. The van der Waals surface area contributed by atoms with Crippen LogP contribution in [0.15, 0.2) is 48.5 Å². The minimum atomic E-state index is -0.299. The second-order valence-corrected chi connectivity index (χ2v) is 6.38. The van der Waals surface area contributed by atoms with E-state index in [1.165, 1.54) is 12.1 Å². The van der Waals surface area contributed by atoms with Crippen molar-refractivity contribution < 1.29 is 13.9 Å². The molecule has 0 atom stereocenters. The quantitative estimate of drug-likeness (QED) is 0.822. The Kier molecular flexibility index (Phi) is 4.96. The molecule has 116 valence electrons. The third-order valence-corrected chi connectivity index (χ3v) is 3.40. The molecule has 22 heavy (non-hydrogen) atoms. The van der Waals surface area contributed by atoms with Crippen molar-refractivity contribution in [3.63, 3.8) is 0 Å². The molecule has 2 nitrogen and oxygen atoms in total. The van der Waals surface area contributed by atoms with E-state index in [0.717, 1.165) is 16.9 Å². The van der Waals surface area contributed by atoms with Gasteiger partial charge in [0.2, 0.25) is 0 Å². The summed E-state index contributed by atoms with van der Waals surface area (Å²) in [5, 5.41) is 0. The Morgan fingerprint density at radius 2 is 1.68 bits per heavy atom. The lowest BCUT2D eigenvalue weighted by molar-refractivity contribution is -0.120. The van der Waals surface area contributed by atoms with Gasteiger partial charge in [0, 0.05) is 6.42 Å². The first kappa shape index (κ1) is 16.2. The third-order valence-electron chi connectivity index (χ3n) is 3.40. The Morgan fingerprint density at radius 3 is 2.32 bits per heavy atom. The summed E-state index contributed by atoms with van der Waals surface area (Å²) in [5.74, 6) is 0.407. The molecule has 0 saturated carbocycles. The molecule has 0 aliphatic heterocycles. The van der Waals surface area contributed by atoms with Gasteiger partial charge in [0.05, 0.1) is 0 Å². The highest BCUT2D eigenvalue weighted by molar-refractivity contribution is 5.82. The first-order valence-electron chi connectivity index (χ1n) is 7.35. The van der Waals surface area contributed by atoms with E-state index in [0.29, 0.717) is 0 Å². The van der Waals surface area contributed by atoms with Crippen molar-refractivity contribution in [1.29, 1.82) is 0 Å². The molecule has 2 aromatic rings. The summed E-state index contributed by atoms with van der Waals surface area (Å²) in [5.41, 5.74) is 1.82. The maximum Gasteiger partial charge on any atom is 0.174 e. The Labute approximate surface area is 130 Å². The summed E-state index contributed by atoms with van der Waals surface area (Å²) in [7, 11) is 0. The topological polar surface area (TPSA) is 26.3 Å². The lowest BCUT2D eigenvalue weighted by Crippen LogP contribution is -2.17. The lowest BCUT2D eigenvalue weighted by atomic mass is 9.86. The van der Waals surface area contributed by atoms with E-state index in [4.69, 9.17) is 4.74 Å². The molecule has 0 bridgehead atoms. The first-order valence-corrected chi connectivity index (χ1v) is 7.35. The van der Waals surface area contributed by atoms with Crippen molar-refractivity contribution in [2.75, 3.05) is 6.61 Å². The van der Waals surface area contributed by atoms with Gasteiger partial charge >= 0.3 is 0 Å². The van der Waals surface area contributed by atoms with Gasteiger partial charge in [0.1, 0.15) is 18.2 Å². The summed E-state index contributed by atoms with van der Waals surface area (Å²) >= 11 is 0. The number of carbonyl (C=O) groups is 1. The van der Waals surface area contributed by atoms with E-state index in [9.17, 15) is 9.18 Å². The van der Waals surface area contributed by atoms with Crippen LogP contribution in [0.4, 0.5) is 4.39 Å². The molecule has 0 aliphatic carbocycles.